The fourth-order valence-corrected chi connectivity index (χ4v) is 6.10. The first-order valence-corrected chi connectivity index (χ1v) is 16.7. The van der Waals surface area contributed by atoms with Gasteiger partial charge in [0.25, 0.3) is 30.4 Å². The van der Waals surface area contributed by atoms with Crippen molar-refractivity contribution in [2.24, 2.45) is 20.5 Å². The zero-order chi connectivity index (χ0) is 33.6. The van der Waals surface area contributed by atoms with E-state index in [4.69, 9.17) is 11.0 Å². The minimum atomic E-state index is -5.15. The van der Waals surface area contributed by atoms with Gasteiger partial charge in [-0.15, -0.1) is 15.3 Å². The van der Waals surface area contributed by atoms with E-state index in [0.717, 1.165) is 30.3 Å². The molecule has 0 radical (unpaired) electrons. The summed E-state index contributed by atoms with van der Waals surface area (Å²) >= 11 is 0. The molecule has 5 aromatic rings. The van der Waals surface area contributed by atoms with Gasteiger partial charge in [-0.25, -0.2) is 0 Å². The first-order chi connectivity index (χ1) is 21.5. The molecule has 0 amide bonds. The Labute approximate surface area is 260 Å². The van der Waals surface area contributed by atoms with Crippen molar-refractivity contribution >= 4 is 80.3 Å². The van der Waals surface area contributed by atoms with E-state index in [2.05, 4.69) is 20.5 Å². The number of anilines is 1. The number of aromatic hydroxyl groups is 1. The lowest BCUT2D eigenvalue weighted by molar-refractivity contribution is 0.472. The summed E-state index contributed by atoms with van der Waals surface area (Å²) < 4.78 is 101. The van der Waals surface area contributed by atoms with Gasteiger partial charge in [0.1, 0.15) is 10.6 Å². The zero-order valence-corrected chi connectivity index (χ0v) is 25.2. The van der Waals surface area contributed by atoms with Crippen LogP contribution in [-0.4, -0.2) is 44.0 Å². The molecule has 0 bridgehead atoms. The molecule has 0 aliphatic rings. The normalized spacial score (nSPS) is 12.7. The SMILES string of the molecule is N#Cc1ccc(N=Nc2ccc(N=Nc3c(S(=O)(=O)O)cc4cc(S(=O)(=O)O)cc(N)c4c3O)c3cc(S(=O)(=O)O)ccc23)cc1. The highest BCUT2D eigenvalue weighted by Gasteiger charge is 2.25. The molecule has 0 saturated heterocycles. The molecule has 0 fully saturated rings. The van der Waals surface area contributed by atoms with E-state index >= 15 is 0 Å². The van der Waals surface area contributed by atoms with Gasteiger partial charge in [0.05, 0.1) is 38.5 Å². The highest BCUT2D eigenvalue weighted by atomic mass is 32.2. The highest BCUT2D eigenvalue weighted by molar-refractivity contribution is 7.86. The predicted molar refractivity (Wildman–Crippen MR) is 163 cm³/mol. The molecule has 0 aromatic heterocycles. The number of hydrogen-bond donors (Lipinski definition) is 5. The fourth-order valence-electron chi connectivity index (χ4n) is 4.38. The van der Waals surface area contributed by atoms with Crippen LogP contribution in [0.25, 0.3) is 21.5 Å². The summed E-state index contributed by atoms with van der Waals surface area (Å²) in [7, 11) is -14.7. The molecule has 0 aliphatic carbocycles. The second-order valence-corrected chi connectivity index (χ2v) is 13.7. The number of nitrogens with two attached hydrogens (primary N) is 1. The van der Waals surface area contributed by atoms with Crippen LogP contribution in [0.3, 0.4) is 0 Å². The summed E-state index contributed by atoms with van der Waals surface area (Å²) in [6, 6.07) is 16.6. The van der Waals surface area contributed by atoms with E-state index in [1.54, 1.807) is 12.1 Å². The van der Waals surface area contributed by atoms with Gasteiger partial charge in [0, 0.05) is 21.8 Å². The third-order valence-electron chi connectivity index (χ3n) is 6.50. The van der Waals surface area contributed by atoms with Crippen LogP contribution in [0.1, 0.15) is 5.56 Å². The summed E-state index contributed by atoms with van der Waals surface area (Å²) in [6.07, 6.45) is 0. The lowest BCUT2D eigenvalue weighted by Crippen LogP contribution is -2.02. The van der Waals surface area contributed by atoms with Gasteiger partial charge in [0.2, 0.25) is 0 Å². The Morgan fingerprint density at radius 3 is 1.85 bits per heavy atom. The average Bonchev–Trinajstić information content (AvgIpc) is 2.98. The monoisotopic (exact) mass is 682 g/mol. The minimum Gasteiger partial charge on any atom is -0.505 e. The molecule has 5 aromatic carbocycles. The van der Waals surface area contributed by atoms with Crippen LogP contribution in [0.2, 0.25) is 0 Å². The second kappa shape index (κ2) is 11.5. The van der Waals surface area contributed by atoms with Gasteiger partial charge in [0.15, 0.2) is 5.75 Å². The van der Waals surface area contributed by atoms with Crippen molar-refractivity contribution in [3.8, 4) is 11.8 Å². The van der Waals surface area contributed by atoms with E-state index in [1.165, 1.54) is 30.3 Å². The number of nitrogens with zero attached hydrogens (tertiary/aromatic N) is 5. The van der Waals surface area contributed by atoms with Crippen LogP contribution >= 0.6 is 0 Å². The smallest absolute Gasteiger partial charge is 0.296 e. The van der Waals surface area contributed by atoms with Crippen molar-refractivity contribution < 1.29 is 44.0 Å². The Kier molecular flexibility index (Phi) is 8.03. The topological polar surface area (TPSA) is 283 Å². The molecule has 0 saturated carbocycles. The molecule has 234 valence electrons. The first-order valence-electron chi connectivity index (χ1n) is 12.4. The van der Waals surface area contributed by atoms with Gasteiger partial charge in [-0.1, -0.05) is 6.07 Å². The Morgan fingerprint density at radius 1 is 0.652 bits per heavy atom. The van der Waals surface area contributed by atoms with Crippen molar-refractivity contribution in [1.29, 1.82) is 5.26 Å². The molecule has 46 heavy (non-hydrogen) atoms. The first kappa shape index (κ1) is 32.0. The summed E-state index contributed by atoms with van der Waals surface area (Å²) in [5.74, 6) is -0.927. The maximum atomic E-state index is 12.3. The Bertz CT molecular complexity index is 2530. The van der Waals surface area contributed by atoms with Gasteiger partial charge in [-0.3, -0.25) is 13.7 Å². The molecular formula is C27H18N6O10S3. The average molecular weight is 683 g/mol. The maximum absolute atomic E-state index is 12.3. The third kappa shape index (κ3) is 6.38. The van der Waals surface area contributed by atoms with Crippen LogP contribution < -0.4 is 5.73 Å². The lowest BCUT2D eigenvalue weighted by atomic mass is 10.1. The lowest BCUT2D eigenvalue weighted by Gasteiger charge is -2.12. The van der Waals surface area contributed by atoms with Crippen molar-refractivity contribution in [1.82, 2.24) is 0 Å². The van der Waals surface area contributed by atoms with Gasteiger partial charge in [-0.05, 0) is 72.1 Å². The van der Waals surface area contributed by atoms with Crippen molar-refractivity contribution in [3.05, 3.63) is 78.4 Å². The van der Waals surface area contributed by atoms with Crippen LogP contribution in [0.4, 0.5) is 28.4 Å². The number of benzene rings is 5. The molecule has 5 rings (SSSR count). The molecule has 0 heterocycles. The minimum absolute atomic E-state index is 0.0288. The van der Waals surface area contributed by atoms with E-state index in [-0.39, 0.29) is 32.9 Å². The van der Waals surface area contributed by atoms with Crippen molar-refractivity contribution in [2.75, 3.05) is 5.73 Å². The summed E-state index contributed by atoms with van der Waals surface area (Å²) in [6.45, 7) is 0. The second-order valence-electron chi connectivity index (χ2n) is 9.48. The molecule has 19 heteroatoms. The zero-order valence-electron chi connectivity index (χ0n) is 22.7. The molecule has 0 spiro atoms. The predicted octanol–water partition coefficient (Wildman–Crippen LogP) is 5.72. The van der Waals surface area contributed by atoms with Crippen molar-refractivity contribution in [3.63, 3.8) is 0 Å². The molecule has 0 aliphatic heterocycles. The summed E-state index contributed by atoms with van der Waals surface area (Å²) in [4.78, 5) is -2.26. The van der Waals surface area contributed by atoms with Gasteiger partial charge >= 0.3 is 0 Å². The van der Waals surface area contributed by atoms with Gasteiger partial charge in [-0.2, -0.15) is 35.6 Å². The highest BCUT2D eigenvalue weighted by Crippen LogP contribution is 2.45. The third-order valence-corrected chi connectivity index (χ3v) is 9.05. The maximum Gasteiger partial charge on any atom is 0.296 e. The number of phenolic OH excluding ortho intramolecular Hbond substituents is 1. The fraction of sp³-hybridized carbons (Fsp3) is 0. The summed E-state index contributed by atoms with van der Waals surface area (Å²) in [5.41, 5.74) is 5.55. The van der Waals surface area contributed by atoms with Crippen LogP contribution in [-0.2, 0) is 30.4 Å². The Hall–Kier alpha value is -5.36. The molecule has 6 N–H and O–H groups in total. The number of fused-ring (bicyclic) bond motifs is 2. The quantitative estimate of drug-likeness (QED) is 0.0782. The molecule has 0 unspecified atom stereocenters. The number of azo groups is 2. The number of nitrogen functional groups attached to an aromatic ring is 1. The Morgan fingerprint density at radius 2 is 1.26 bits per heavy atom. The van der Waals surface area contributed by atoms with Crippen LogP contribution in [0.5, 0.6) is 5.75 Å². The van der Waals surface area contributed by atoms with E-state index < -0.39 is 62.2 Å². The molecule has 0 atom stereocenters. The van der Waals surface area contributed by atoms with Gasteiger partial charge < -0.3 is 10.8 Å². The standard InChI is InChI=1S/C27H18N6O10S3/c28-13-14-1-3-16(4-2-14)30-31-22-7-8-23(20-11-17(44(35,36)37)5-6-19(20)22)32-33-26-24(46(41,42)43)10-15-9-18(45(38,39)40)12-21(29)25(15)27(26)34/h1-12,34H,29H2,(H,35,36,37)(H,38,39,40)(H,41,42,43). The number of hydrogen-bond acceptors (Lipinski definition) is 13. The summed E-state index contributed by atoms with van der Waals surface area (Å²) in [5, 5.41) is 35.7. The van der Waals surface area contributed by atoms with Crippen LogP contribution in [0.15, 0.2) is 108 Å². The van der Waals surface area contributed by atoms with Crippen LogP contribution in [0, 0.1) is 11.3 Å². The number of nitriles is 1. The van der Waals surface area contributed by atoms with E-state index in [0.29, 0.717) is 11.3 Å². The molecule has 16 nitrogen and oxygen atoms in total. The number of phenols is 1. The van der Waals surface area contributed by atoms with E-state index in [9.17, 15) is 44.0 Å². The Balaban J connectivity index is 1.71. The number of rotatable bonds is 7. The van der Waals surface area contributed by atoms with E-state index in [1.807, 2.05) is 6.07 Å². The largest absolute Gasteiger partial charge is 0.505 e. The molecular weight excluding hydrogens is 665 g/mol. The van der Waals surface area contributed by atoms with Crippen molar-refractivity contribution in [2.45, 2.75) is 14.7 Å².